The Bertz CT molecular complexity index is 4.85. The summed E-state index contributed by atoms with van der Waals surface area (Å²) in [6, 6.07) is 0. The van der Waals surface area contributed by atoms with E-state index in [9.17, 15) is 0 Å². The maximum Gasteiger partial charge on any atom is 0.187 e. The largest absolute Gasteiger partial charge is 0.187 e. The van der Waals surface area contributed by atoms with Crippen molar-refractivity contribution in [1.29, 1.82) is 0 Å². The first-order chi connectivity index (χ1) is 0. The van der Waals surface area contributed by atoms with Gasteiger partial charge in [0, 0.05) is 51.7 Å². The van der Waals surface area contributed by atoms with Crippen molar-refractivity contribution in [3.63, 3.8) is 0 Å². The van der Waals surface area contributed by atoms with Gasteiger partial charge in [-0.3, -0.25) is 0 Å². The molecule has 0 unspecified atom stereocenters. The molecular weight excluding hydrogens is 438 g/mol. The van der Waals surface area contributed by atoms with Crippen LogP contribution in [0.1, 0.15) is 0 Å². The molecule has 0 rings (SSSR count). The van der Waals surface area contributed by atoms with Gasteiger partial charge in [-0.1, -0.05) is 0 Å². The Morgan fingerprint density at radius 3 is 0.400 bits per heavy atom. The van der Waals surface area contributed by atoms with Crippen molar-refractivity contribution < 1.29 is 51.7 Å². The fourth-order valence-corrected chi connectivity index (χ4v) is 0. The van der Waals surface area contributed by atoms with Crippen molar-refractivity contribution >= 4 is 52.1 Å². The molecule has 0 heterocycles. The van der Waals surface area contributed by atoms with Gasteiger partial charge in [-0.15, -0.1) is 0 Å². The van der Waals surface area contributed by atoms with Gasteiger partial charge in [-0.05, 0) is 0 Å². The Morgan fingerprint density at radius 1 is 0.400 bits per heavy atom. The zero-order valence-electron chi connectivity index (χ0n) is 1.00. The van der Waals surface area contributed by atoms with Crippen LogP contribution in [0.3, 0.4) is 0 Å². The van der Waals surface area contributed by atoms with E-state index in [1.54, 1.807) is 0 Å². The molecule has 0 nitrogen and oxygen atoms in total. The first-order valence-corrected chi connectivity index (χ1v) is 0. The number of rotatable bonds is 0. The molecule has 0 bridgehead atoms. The number of hydrogen-bond acceptors (Lipinski definition) is 0. The van der Waals surface area contributed by atoms with Gasteiger partial charge in [0.05, 0.1) is 0 Å². The van der Waals surface area contributed by atoms with E-state index in [0.29, 0.717) is 0 Å². The van der Waals surface area contributed by atoms with E-state index in [1.807, 2.05) is 0 Å². The molecule has 26 valence electrons. The third kappa shape index (κ3) is 18.8. The molecule has 0 saturated carbocycles. The first-order valence-electron chi connectivity index (χ1n) is 0. The maximum atomic E-state index is 0. The second-order valence-corrected chi connectivity index (χ2v) is 0. The van der Waals surface area contributed by atoms with Crippen molar-refractivity contribution in [2.45, 2.75) is 0 Å². The fourth-order valence-electron chi connectivity index (χ4n) is 0. The zero-order valence-corrected chi connectivity index (χ0v) is 8.19. The fraction of sp³-hybridized carbons (Fsp3) is 0. The van der Waals surface area contributed by atoms with Crippen LogP contribution < -0.4 is 0 Å². The van der Waals surface area contributed by atoms with Crippen molar-refractivity contribution in [2.24, 2.45) is 0 Å². The Morgan fingerprint density at radius 2 is 0.400 bits per heavy atom. The molecule has 0 fully saturated rings. The summed E-state index contributed by atoms with van der Waals surface area (Å²) in [4.78, 5) is 0. The van der Waals surface area contributed by atoms with Crippen molar-refractivity contribution in [1.82, 2.24) is 0 Å². The summed E-state index contributed by atoms with van der Waals surface area (Å²) in [6.07, 6.45) is 0. The van der Waals surface area contributed by atoms with Gasteiger partial charge in [-0.25, -0.2) is 0 Å². The van der Waals surface area contributed by atoms with Crippen molar-refractivity contribution in [2.75, 3.05) is 0 Å². The van der Waals surface area contributed by atoms with Gasteiger partial charge in [0.25, 0.3) is 0 Å². The van der Waals surface area contributed by atoms with E-state index in [2.05, 4.69) is 0 Å². The van der Waals surface area contributed by atoms with E-state index in [4.69, 9.17) is 0 Å². The van der Waals surface area contributed by atoms with Crippen molar-refractivity contribution in [3.05, 3.63) is 0 Å². The minimum Gasteiger partial charge on any atom is 0 e. The first kappa shape index (κ1) is 40.3. The quantitative estimate of drug-likeness (QED) is 0.338. The molecule has 5 heteroatoms. The Balaban J connectivity index is 0. The van der Waals surface area contributed by atoms with Gasteiger partial charge in [0.15, 0.2) is 52.1 Å². The molecule has 0 atom stereocenters. The summed E-state index contributed by atoms with van der Waals surface area (Å²) in [5.41, 5.74) is 0. The average molecular weight is 447 g/mol. The summed E-state index contributed by atoms with van der Waals surface area (Å²) < 4.78 is 0. The van der Waals surface area contributed by atoms with Crippen LogP contribution in [0.25, 0.3) is 0 Å². The summed E-state index contributed by atoms with van der Waals surface area (Å²) >= 11 is 0. The molecule has 0 aliphatic rings. The Kier molecular flexibility index (Phi) is 213. The summed E-state index contributed by atoms with van der Waals surface area (Å²) in [7, 11) is 0. The van der Waals surface area contributed by atoms with Crippen molar-refractivity contribution in [3.8, 4) is 0 Å². The van der Waals surface area contributed by atoms with Gasteiger partial charge in [-0.2, -0.15) is 0 Å². The Labute approximate surface area is 102 Å². The van der Waals surface area contributed by atoms with Crippen LogP contribution in [0, 0.1) is 0 Å². The molecule has 0 aromatic heterocycles. The normalized spacial score (nSPS) is 0. The van der Waals surface area contributed by atoms with E-state index in [1.165, 1.54) is 0 Å². The zero-order chi connectivity index (χ0) is 0. The van der Waals surface area contributed by atoms with Crippen LogP contribution in [0.2, 0.25) is 0 Å². The van der Waals surface area contributed by atoms with Gasteiger partial charge < -0.3 is 0 Å². The molecular formula is H9Al3Hf2. The topological polar surface area (TPSA) is 0 Å². The second-order valence-electron chi connectivity index (χ2n) is 0. The molecule has 0 aromatic rings. The third-order valence-corrected chi connectivity index (χ3v) is 0. The van der Waals surface area contributed by atoms with Gasteiger partial charge in [0.2, 0.25) is 0 Å². The van der Waals surface area contributed by atoms with Crippen LogP contribution in [0.4, 0.5) is 0 Å². The van der Waals surface area contributed by atoms with Crippen LogP contribution >= 0.6 is 0 Å². The van der Waals surface area contributed by atoms with E-state index in [0.717, 1.165) is 0 Å². The summed E-state index contributed by atoms with van der Waals surface area (Å²) in [6.45, 7) is 0. The summed E-state index contributed by atoms with van der Waals surface area (Å²) in [5.74, 6) is 0. The standard InChI is InChI=1S/3Al.2Hf.9H. The smallest absolute Gasteiger partial charge is 0 e. The van der Waals surface area contributed by atoms with Crippen LogP contribution in [0.15, 0.2) is 0 Å². The predicted molar refractivity (Wildman–Crippen MR) is 29.8 cm³/mol. The summed E-state index contributed by atoms with van der Waals surface area (Å²) in [5, 5.41) is 0. The third-order valence-electron chi connectivity index (χ3n) is 0. The molecule has 0 spiro atoms. The molecule has 0 radical (unpaired) electrons. The molecule has 0 N–H and O–H groups in total. The maximum absolute atomic E-state index is 0. The molecule has 0 aliphatic heterocycles. The van der Waals surface area contributed by atoms with E-state index < -0.39 is 0 Å². The minimum atomic E-state index is 0. The molecule has 5 heavy (non-hydrogen) atoms. The van der Waals surface area contributed by atoms with Crippen LogP contribution in [-0.2, 0) is 51.7 Å². The minimum absolute atomic E-state index is 0. The SMILES string of the molecule is [AlH3].[AlH3].[AlH3].[Hf].[Hf]. The molecule has 0 aliphatic carbocycles. The Hall–Kier alpha value is 3.34. The van der Waals surface area contributed by atoms with Gasteiger partial charge in [0.1, 0.15) is 0 Å². The van der Waals surface area contributed by atoms with E-state index >= 15 is 0 Å². The molecule has 0 saturated heterocycles. The molecule has 0 aromatic carbocycles. The van der Waals surface area contributed by atoms with E-state index in [-0.39, 0.29) is 104 Å². The van der Waals surface area contributed by atoms with Gasteiger partial charge >= 0.3 is 0 Å². The second kappa shape index (κ2) is 26.5. The number of hydrogen-bond donors (Lipinski definition) is 0. The van der Waals surface area contributed by atoms with Crippen LogP contribution in [0.5, 0.6) is 0 Å². The van der Waals surface area contributed by atoms with Crippen LogP contribution in [-0.4, -0.2) is 52.1 Å². The predicted octanol–water partition coefficient (Wildman–Crippen LogP) is -3.56. The monoisotopic (exact) mass is 450 g/mol. The molecule has 0 amide bonds. The average Bonchev–Trinajstić information content (AvgIpc) is 0.